The van der Waals surface area contributed by atoms with Crippen molar-refractivity contribution in [2.75, 3.05) is 27.2 Å². The Morgan fingerprint density at radius 1 is 1.02 bits per heavy atom. The first-order chi connectivity index (χ1) is 21.5. The number of amides is 5. The van der Waals surface area contributed by atoms with E-state index in [0.717, 1.165) is 12.8 Å². The third kappa shape index (κ3) is 7.71. The van der Waals surface area contributed by atoms with Crippen LogP contribution in [0.2, 0.25) is 0 Å². The molecule has 13 heteroatoms. The van der Waals surface area contributed by atoms with Crippen molar-refractivity contribution in [1.29, 1.82) is 0 Å². The Kier molecular flexibility index (Phi) is 10.5. The molecule has 46 heavy (non-hydrogen) atoms. The molecule has 252 valence electrons. The quantitative estimate of drug-likeness (QED) is 0.185. The van der Waals surface area contributed by atoms with E-state index in [1.165, 1.54) is 4.90 Å². The minimum atomic E-state index is -1.11. The molecule has 4 N–H and O–H groups in total. The number of hydrogen-bond donors (Lipinski definition) is 4. The summed E-state index contributed by atoms with van der Waals surface area (Å²) < 4.78 is 0. The number of likely N-dealkylation sites (tertiary alicyclic amines) is 1. The number of ketones is 1. The Hall–Kier alpha value is -3.51. The van der Waals surface area contributed by atoms with Gasteiger partial charge in [0.2, 0.25) is 29.4 Å². The number of nitrogens with one attached hydrogen (secondary N) is 4. The van der Waals surface area contributed by atoms with Gasteiger partial charge in [-0.3, -0.25) is 28.8 Å². The molecule has 1 saturated heterocycles. The van der Waals surface area contributed by atoms with Gasteiger partial charge in [-0.05, 0) is 52.3 Å². The van der Waals surface area contributed by atoms with Crippen LogP contribution in [0.5, 0.6) is 0 Å². The molecule has 12 nitrogen and oxygen atoms in total. The van der Waals surface area contributed by atoms with Crippen molar-refractivity contribution in [2.45, 2.75) is 78.0 Å². The zero-order chi connectivity index (χ0) is 34.1. The van der Waals surface area contributed by atoms with Crippen LogP contribution in [-0.4, -0.2) is 90.4 Å². The molecule has 6 atom stereocenters. The highest BCUT2D eigenvalue weighted by atomic mass is 35.5. The van der Waals surface area contributed by atoms with Gasteiger partial charge in [0, 0.05) is 20.6 Å². The number of likely N-dealkylation sites (N-methyl/N-ethyl adjacent to an activating group) is 1. The van der Waals surface area contributed by atoms with Crippen LogP contribution < -0.4 is 20.8 Å². The molecule has 0 spiro atoms. The Morgan fingerprint density at radius 3 is 2.20 bits per heavy atom. The summed E-state index contributed by atoms with van der Waals surface area (Å²) in [6.07, 6.45) is 2.04. The van der Waals surface area contributed by atoms with Crippen LogP contribution in [0.1, 0.15) is 65.5 Å². The number of Topliss-reactive ketones (excluding diaryl/α,β-unsaturated/α-hetero) is 1. The Morgan fingerprint density at radius 2 is 1.65 bits per heavy atom. The maximum Gasteiger partial charge on any atom is 0.290 e. The van der Waals surface area contributed by atoms with Crippen molar-refractivity contribution in [3.8, 4) is 0 Å². The van der Waals surface area contributed by atoms with Crippen molar-refractivity contribution in [3.63, 3.8) is 0 Å². The van der Waals surface area contributed by atoms with E-state index in [0.29, 0.717) is 12.1 Å². The lowest BCUT2D eigenvalue weighted by Crippen LogP contribution is -2.59. The molecule has 5 unspecified atom stereocenters. The molecule has 3 aliphatic rings. The van der Waals surface area contributed by atoms with Gasteiger partial charge < -0.3 is 25.8 Å². The Balaban J connectivity index is 1.43. The van der Waals surface area contributed by atoms with Crippen molar-refractivity contribution < 1.29 is 28.8 Å². The molecule has 1 aromatic rings. The lowest BCUT2D eigenvalue weighted by atomic mass is 9.86. The first kappa shape index (κ1) is 35.3. The second-order valence-electron chi connectivity index (χ2n) is 14.7. The molecule has 1 heterocycles. The minimum Gasteiger partial charge on any atom is -0.347 e. The van der Waals surface area contributed by atoms with Crippen molar-refractivity contribution in [1.82, 2.24) is 30.6 Å². The van der Waals surface area contributed by atoms with Crippen LogP contribution in [0, 0.1) is 28.6 Å². The van der Waals surface area contributed by atoms with Gasteiger partial charge in [0.05, 0.1) is 12.6 Å². The number of benzene rings is 1. The predicted octanol–water partition coefficient (Wildman–Crippen LogP) is 1.54. The summed E-state index contributed by atoms with van der Waals surface area (Å²) in [6, 6.07) is 5.06. The van der Waals surface area contributed by atoms with E-state index in [4.69, 9.17) is 11.8 Å². The standard InChI is InChI=1S/C33H47ClN6O6/c1-32(2,3)27(38-34)31(46)40-17-20-23(33(20,4)5)25(40)28(43)36-21(15-18-13-14-18)26(42)29(44)35-16-22(41)37-24(30(45)39(6)7)19-11-9-8-10-12-19/h8-12,18,20-21,23-25,27,38H,13-17H2,1-7H3,(H,35,44)(H,36,43)(H,37,41)/t20?,21?,23?,24-,25?,27?/m0/s1. The van der Waals surface area contributed by atoms with Gasteiger partial charge in [0.25, 0.3) is 5.91 Å². The lowest BCUT2D eigenvalue weighted by Gasteiger charge is -2.37. The van der Waals surface area contributed by atoms with E-state index in [-0.39, 0.29) is 41.4 Å². The van der Waals surface area contributed by atoms with Crippen LogP contribution in [0.3, 0.4) is 0 Å². The molecule has 0 radical (unpaired) electrons. The summed E-state index contributed by atoms with van der Waals surface area (Å²) in [5.41, 5.74) is -0.102. The Labute approximate surface area is 275 Å². The highest BCUT2D eigenvalue weighted by molar-refractivity contribution is 6.38. The van der Waals surface area contributed by atoms with Gasteiger partial charge in [-0.2, -0.15) is 0 Å². The third-order valence-electron chi connectivity index (χ3n) is 9.64. The van der Waals surface area contributed by atoms with E-state index in [9.17, 15) is 28.8 Å². The van der Waals surface area contributed by atoms with E-state index in [1.54, 1.807) is 49.3 Å². The fraction of sp³-hybridized carbons (Fsp3) is 0.636. The SMILES string of the molecule is CN(C)C(=O)[C@@H](NC(=O)CNC(=O)C(=O)C(CC1CC1)NC(=O)C1C2C(CN1C(=O)C(NCl)C(C)(C)C)C2(C)C)c1ccccc1. The molecule has 4 rings (SSSR count). The molecular formula is C33H47ClN6O6. The number of nitrogens with zero attached hydrogens (tertiary/aromatic N) is 2. The normalized spacial score (nSPS) is 23.3. The summed E-state index contributed by atoms with van der Waals surface area (Å²) in [5, 5.41) is 7.79. The number of halogens is 1. The van der Waals surface area contributed by atoms with Gasteiger partial charge in [0.15, 0.2) is 0 Å². The topological polar surface area (TPSA) is 157 Å². The third-order valence-corrected chi connectivity index (χ3v) is 9.86. The molecule has 1 aliphatic heterocycles. The first-order valence-electron chi connectivity index (χ1n) is 15.8. The number of piperidine rings is 1. The van der Waals surface area contributed by atoms with Gasteiger partial charge in [-0.1, -0.05) is 77.8 Å². The van der Waals surface area contributed by atoms with Crippen LogP contribution in [0.15, 0.2) is 30.3 Å². The summed E-state index contributed by atoms with van der Waals surface area (Å²) in [5.74, 6) is -3.44. The van der Waals surface area contributed by atoms with Crippen LogP contribution in [0.25, 0.3) is 0 Å². The molecule has 3 fully saturated rings. The van der Waals surface area contributed by atoms with Gasteiger partial charge in [-0.15, -0.1) is 0 Å². The van der Waals surface area contributed by atoms with E-state index in [2.05, 4.69) is 34.6 Å². The smallest absolute Gasteiger partial charge is 0.290 e. The molecule has 0 bridgehead atoms. The first-order valence-corrected chi connectivity index (χ1v) is 16.2. The second kappa shape index (κ2) is 13.7. The molecule has 2 aliphatic carbocycles. The monoisotopic (exact) mass is 658 g/mol. The summed E-state index contributed by atoms with van der Waals surface area (Å²) in [6.45, 7) is 9.62. The number of rotatable bonds is 13. The van der Waals surface area contributed by atoms with Crippen molar-refractivity contribution in [2.24, 2.45) is 28.6 Å². The van der Waals surface area contributed by atoms with Gasteiger partial charge >= 0.3 is 0 Å². The number of hydrogen-bond acceptors (Lipinski definition) is 7. The van der Waals surface area contributed by atoms with Crippen molar-refractivity contribution >= 4 is 47.1 Å². The maximum atomic E-state index is 13.9. The van der Waals surface area contributed by atoms with E-state index in [1.807, 2.05) is 20.8 Å². The summed E-state index contributed by atoms with van der Waals surface area (Å²) in [7, 11) is 3.14. The summed E-state index contributed by atoms with van der Waals surface area (Å²) >= 11 is 5.99. The zero-order valence-electron chi connectivity index (χ0n) is 27.7. The fourth-order valence-electron chi connectivity index (χ4n) is 6.54. The molecular weight excluding hydrogens is 612 g/mol. The van der Waals surface area contributed by atoms with Crippen molar-refractivity contribution in [3.05, 3.63) is 35.9 Å². The molecule has 1 aromatic carbocycles. The molecule has 0 aromatic heterocycles. The van der Waals surface area contributed by atoms with Crippen LogP contribution >= 0.6 is 11.8 Å². The second-order valence-corrected chi connectivity index (χ2v) is 14.9. The van der Waals surface area contributed by atoms with Crippen LogP contribution in [0.4, 0.5) is 0 Å². The predicted molar refractivity (Wildman–Crippen MR) is 172 cm³/mol. The lowest BCUT2D eigenvalue weighted by molar-refractivity contribution is -0.145. The Bertz CT molecular complexity index is 1360. The summed E-state index contributed by atoms with van der Waals surface area (Å²) in [4.78, 5) is 85.0. The largest absolute Gasteiger partial charge is 0.347 e. The fourth-order valence-corrected chi connectivity index (χ4v) is 6.97. The van der Waals surface area contributed by atoms with Gasteiger partial charge in [-0.25, -0.2) is 4.84 Å². The zero-order valence-corrected chi connectivity index (χ0v) is 28.4. The number of fused-ring (bicyclic) bond motifs is 1. The molecule has 2 saturated carbocycles. The average molecular weight is 659 g/mol. The number of carbonyl (C=O) groups excluding carboxylic acids is 6. The van der Waals surface area contributed by atoms with Gasteiger partial charge in [0.1, 0.15) is 18.1 Å². The average Bonchev–Trinajstić information content (AvgIpc) is 3.84. The van der Waals surface area contributed by atoms with E-state index < -0.39 is 59.6 Å². The number of carbonyl (C=O) groups is 6. The molecule has 5 amide bonds. The maximum absolute atomic E-state index is 13.9. The minimum absolute atomic E-state index is 0.0935. The highest BCUT2D eigenvalue weighted by Gasteiger charge is 2.69. The highest BCUT2D eigenvalue weighted by Crippen LogP contribution is 2.65. The van der Waals surface area contributed by atoms with E-state index >= 15 is 0 Å². The van der Waals surface area contributed by atoms with Crippen LogP contribution in [-0.2, 0) is 28.8 Å².